The lowest BCUT2D eigenvalue weighted by Crippen LogP contribution is -2.31. The number of rotatable bonds is 8. The van der Waals surface area contributed by atoms with Crippen molar-refractivity contribution in [3.05, 3.63) is 100 Å². The Hall–Kier alpha value is -4.23. The summed E-state index contributed by atoms with van der Waals surface area (Å²) in [7, 11) is 1.55. The number of hydrogen-bond acceptors (Lipinski definition) is 6. The Balaban J connectivity index is 1.63. The van der Waals surface area contributed by atoms with Gasteiger partial charge in [-0.25, -0.2) is 0 Å². The minimum absolute atomic E-state index is 0.00779. The van der Waals surface area contributed by atoms with Gasteiger partial charge in [-0.15, -0.1) is 0 Å². The fourth-order valence-corrected chi connectivity index (χ4v) is 4.60. The van der Waals surface area contributed by atoms with Crippen LogP contribution >= 0.6 is 11.6 Å². The Morgan fingerprint density at radius 1 is 1.05 bits per heavy atom. The first-order valence-corrected chi connectivity index (χ1v) is 12.2. The van der Waals surface area contributed by atoms with E-state index in [2.05, 4.69) is 0 Å². The number of carbonyl (C=O) groups excluding carboxylic acids is 2. The third kappa shape index (κ3) is 4.54. The highest BCUT2D eigenvalue weighted by atomic mass is 35.5. The quantitative estimate of drug-likeness (QED) is 0.263. The molecular formula is C29H24ClNO6. The van der Waals surface area contributed by atoms with Gasteiger partial charge in [0, 0.05) is 16.1 Å². The predicted octanol–water partition coefficient (Wildman–Crippen LogP) is 6.67. The molecule has 0 saturated heterocycles. The maximum Gasteiger partial charge on any atom is 0.294 e. The third-order valence-electron chi connectivity index (χ3n) is 6.15. The van der Waals surface area contributed by atoms with Crippen molar-refractivity contribution in [2.45, 2.75) is 19.4 Å². The molecule has 0 radical (unpaired) electrons. The number of ether oxygens (including phenoxy) is 2. The van der Waals surface area contributed by atoms with Crippen molar-refractivity contribution >= 4 is 39.9 Å². The van der Waals surface area contributed by atoms with Crippen LogP contribution in [0.2, 0.25) is 5.02 Å². The molecule has 5 rings (SSSR count). The molecule has 3 aromatic carbocycles. The minimum Gasteiger partial charge on any atom is -0.503 e. The van der Waals surface area contributed by atoms with Crippen molar-refractivity contribution in [3.8, 4) is 11.5 Å². The molecule has 0 aliphatic carbocycles. The number of amides is 1. The van der Waals surface area contributed by atoms with E-state index >= 15 is 0 Å². The summed E-state index contributed by atoms with van der Waals surface area (Å²) in [5.41, 5.74) is 1.47. The van der Waals surface area contributed by atoms with Crippen LogP contribution in [0.3, 0.4) is 0 Å². The molecule has 1 aliphatic rings. The largest absolute Gasteiger partial charge is 0.503 e. The number of ketones is 1. The van der Waals surface area contributed by atoms with Gasteiger partial charge in [0.15, 0.2) is 11.5 Å². The summed E-state index contributed by atoms with van der Waals surface area (Å²) in [5.74, 6) is -0.734. The normalized spacial score (nSPS) is 15.5. The number of anilines is 1. The van der Waals surface area contributed by atoms with E-state index in [1.807, 2.05) is 13.0 Å². The van der Waals surface area contributed by atoms with Gasteiger partial charge in [0.2, 0.25) is 5.78 Å². The lowest BCUT2D eigenvalue weighted by molar-refractivity contribution is -0.117. The Morgan fingerprint density at radius 3 is 2.57 bits per heavy atom. The highest BCUT2D eigenvalue weighted by Gasteiger charge is 2.45. The number of nitrogens with zero attached hydrogens (tertiary/aromatic N) is 1. The number of carbonyl (C=O) groups is 2. The summed E-state index contributed by atoms with van der Waals surface area (Å²) in [4.78, 5) is 28.6. The number of hydrogen-bond donors (Lipinski definition) is 1. The summed E-state index contributed by atoms with van der Waals surface area (Å²) in [6.07, 6.45) is 0.824. The summed E-state index contributed by atoms with van der Waals surface area (Å²) in [6.45, 7) is 2.52. The van der Waals surface area contributed by atoms with E-state index in [1.54, 1.807) is 73.8 Å². The predicted molar refractivity (Wildman–Crippen MR) is 141 cm³/mol. The first-order valence-electron chi connectivity index (χ1n) is 11.8. The molecule has 2 heterocycles. The van der Waals surface area contributed by atoms with Gasteiger partial charge in [0.1, 0.15) is 17.1 Å². The Labute approximate surface area is 218 Å². The zero-order valence-corrected chi connectivity index (χ0v) is 21.0. The molecule has 188 valence electrons. The van der Waals surface area contributed by atoms with E-state index in [9.17, 15) is 14.7 Å². The molecule has 4 aromatic rings. The fraction of sp³-hybridized carbons (Fsp3) is 0.172. The zero-order chi connectivity index (χ0) is 26.1. The summed E-state index contributed by atoms with van der Waals surface area (Å²) in [6, 6.07) is 19.6. The lowest BCUT2D eigenvalue weighted by Gasteiger charge is -2.27. The van der Waals surface area contributed by atoms with Crippen LogP contribution in [-0.2, 0) is 4.79 Å². The molecule has 0 saturated carbocycles. The molecule has 1 aliphatic heterocycles. The summed E-state index contributed by atoms with van der Waals surface area (Å²) < 4.78 is 16.8. The first-order chi connectivity index (χ1) is 17.9. The van der Waals surface area contributed by atoms with Crippen LogP contribution in [0, 0.1) is 0 Å². The van der Waals surface area contributed by atoms with Gasteiger partial charge in [0.25, 0.3) is 5.91 Å². The second kappa shape index (κ2) is 10.0. The number of benzene rings is 3. The van der Waals surface area contributed by atoms with Crippen LogP contribution in [0.15, 0.2) is 88.5 Å². The van der Waals surface area contributed by atoms with Gasteiger partial charge in [0.05, 0.1) is 25.3 Å². The molecule has 1 atom stereocenters. The van der Waals surface area contributed by atoms with E-state index in [1.165, 1.54) is 4.90 Å². The van der Waals surface area contributed by atoms with Crippen LogP contribution in [0.4, 0.5) is 5.69 Å². The van der Waals surface area contributed by atoms with Crippen molar-refractivity contribution in [2.75, 3.05) is 18.6 Å². The van der Waals surface area contributed by atoms with Crippen LogP contribution in [0.5, 0.6) is 11.5 Å². The highest BCUT2D eigenvalue weighted by Crippen LogP contribution is 2.43. The van der Waals surface area contributed by atoms with Crippen LogP contribution in [0.25, 0.3) is 11.0 Å². The van der Waals surface area contributed by atoms with Crippen LogP contribution < -0.4 is 14.4 Å². The summed E-state index contributed by atoms with van der Waals surface area (Å²) >= 11 is 6.09. The molecule has 8 heteroatoms. The molecule has 7 nitrogen and oxygen atoms in total. The van der Waals surface area contributed by atoms with E-state index < -0.39 is 23.5 Å². The van der Waals surface area contributed by atoms with Crippen molar-refractivity contribution in [1.82, 2.24) is 0 Å². The van der Waals surface area contributed by atoms with Crippen LogP contribution in [-0.4, -0.2) is 30.5 Å². The third-order valence-corrected chi connectivity index (χ3v) is 6.39. The van der Waals surface area contributed by atoms with Crippen molar-refractivity contribution in [2.24, 2.45) is 0 Å². The Morgan fingerprint density at radius 2 is 1.84 bits per heavy atom. The van der Waals surface area contributed by atoms with E-state index in [0.717, 1.165) is 6.42 Å². The molecule has 1 aromatic heterocycles. The molecule has 37 heavy (non-hydrogen) atoms. The number of furan rings is 1. The van der Waals surface area contributed by atoms with Crippen molar-refractivity contribution in [1.29, 1.82) is 0 Å². The lowest BCUT2D eigenvalue weighted by atomic mass is 9.94. The number of fused-ring (bicyclic) bond motifs is 1. The second-order valence-corrected chi connectivity index (χ2v) is 9.02. The van der Waals surface area contributed by atoms with E-state index in [-0.39, 0.29) is 11.3 Å². The average molecular weight is 518 g/mol. The number of Topliss-reactive ketones (excluding diaryl/α,β-unsaturated/α-hetero) is 1. The molecule has 0 spiro atoms. The van der Waals surface area contributed by atoms with Gasteiger partial charge in [-0.1, -0.05) is 30.7 Å². The van der Waals surface area contributed by atoms with Crippen molar-refractivity contribution < 1.29 is 28.6 Å². The molecule has 1 amide bonds. The van der Waals surface area contributed by atoms with Gasteiger partial charge >= 0.3 is 0 Å². The van der Waals surface area contributed by atoms with Gasteiger partial charge in [-0.3, -0.25) is 14.5 Å². The minimum atomic E-state index is -0.921. The van der Waals surface area contributed by atoms with Crippen LogP contribution in [0.1, 0.15) is 35.5 Å². The number of aliphatic hydroxyl groups excluding tert-OH is 1. The molecule has 0 bridgehead atoms. The first kappa shape index (κ1) is 24.5. The summed E-state index contributed by atoms with van der Waals surface area (Å²) in [5, 5.41) is 12.2. The standard InChI is InChI=1S/C29H24ClNO6/c1-3-13-36-22-6-4-5-17(15-22)26-25(27(32)24-16-18-14-19(30)7-12-23(18)37-24)28(33)29(34)31(26)20-8-10-21(35-2)11-9-20/h4-12,14-16,26,33H,3,13H2,1-2H3. The zero-order valence-electron chi connectivity index (χ0n) is 20.2. The fourth-order valence-electron chi connectivity index (χ4n) is 4.41. The number of aliphatic hydroxyl groups is 1. The smallest absolute Gasteiger partial charge is 0.294 e. The molecular weight excluding hydrogens is 494 g/mol. The van der Waals surface area contributed by atoms with E-state index in [0.29, 0.717) is 45.3 Å². The average Bonchev–Trinajstić information content (AvgIpc) is 3.45. The topological polar surface area (TPSA) is 89.2 Å². The molecule has 0 fully saturated rings. The van der Waals surface area contributed by atoms with Crippen molar-refractivity contribution in [3.63, 3.8) is 0 Å². The number of methoxy groups -OCH3 is 1. The Bertz CT molecular complexity index is 1520. The van der Waals surface area contributed by atoms with Gasteiger partial charge < -0.3 is 19.0 Å². The molecule has 1 unspecified atom stereocenters. The Kier molecular flexibility index (Phi) is 6.63. The van der Waals surface area contributed by atoms with E-state index in [4.69, 9.17) is 25.5 Å². The SMILES string of the molecule is CCCOc1cccc(C2C(C(=O)c3cc4cc(Cl)ccc4o3)=C(O)C(=O)N2c2ccc(OC)cc2)c1. The monoisotopic (exact) mass is 517 g/mol. The highest BCUT2D eigenvalue weighted by molar-refractivity contribution is 6.31. The number of halogens is 1. The van der Waals surface area contributed by atoms with Gasteiger partial charge in [-0.05, 0) is 72.6 Å². The maximum absolute atomic E-state index is 13.8. The second-order valence-electron chi connectivity index (χ2n) is 8.58. The van der Waals surface area contributed by atoms with Gasteiger partial charge in [-0.2, -0.15) is 0 Å². The molecule has 1 N–H and O–H groups in total. The maximum atomic E-state index is 13.8.